The Morgan fingerprint density at radius 2 is 1.97 bits per heavy atom. The highest BCUT2D eigenvalue weighted by atomic mass is 32.2. The number of carbonyl (C=O) groups is 1. The van der Waals surface area contributed by atoms with Gasteiger partial charge in [0.1, 0.15) is 5.69 Å². The average molecular weight is 499 g/mol. The minimum absolute atomic E-state index is 0.0421. The first-order valence-corrected chi connectivity index (χ1v) is 13.9. The highest BCUT2D eigenvalue weighted by molar-refractivity contribution is 7.92. The molecule has 1 saturated heterocycles. The normalized spacial score (nSPS) is 14.9. The molecule has 2 aromatic heterocycles. The second-order valence-corrected chi connectivity index (χ2v) is 11.0. The van der Waals surface area contributed by atoms with Crippen LogP contribution in [0.2, 0.25) is 0 Å². The number of sulfonamides is 1. The lowest BCUT2D eigenvalue weighted by Gasteiger charge is -2.42. The van der Waals surface area contributed by atoms with E-state index in [0.29, 0.717) is 30.5 Å². The van der Waals surface area contributed by atoms with Gasteiger partial charge in [-0.1, -0.05) is 0 Å². The molecule has 1 aliphatic rings. The zero-order valence-corrected chi connectivity index (χ0v) is 21.5. The number of hydrogen-bond donors (Lipinski definition) is 3. The number of likely N-dealkylation sites (tertiary alicyclic amines) is 1. The Kier molecular flexibility index (Phi) is 7.20. The van der Waals surface area contributed by atoms with Crippen molar-refractivity contribution in [3.05, 3.63) is 48.3 Å². The number of aromatic amines is 1. The van der Waals surface area contributed by atoms with Crippen molar-refractivity contribution in [2.75, 3.05) is 40.8 Å². The van der Waals surface area contributed by atoms with Crippen molar-refractivity contribution in [2.24, 2.45) is 0 Å². The fourth-order valence-corrected chi connectivity index (χ4v) is 5.37. The molecule has 3 N–H and O–H groups in total. The molecule has 188 valence electrons. The summed E-state index contributed by atoms with van der Waals surface area (Å²) >= 11 is 0. The zero-order valence-electron chi connectivity index (χ0n) is 20.7. The van der Waals surface area contributed by atoms with Crippen LogP contribution in [0, 0.1) is 0 Å². The van der Waals surface area contributed by atoms with Crippen LogP contribution in [0.25, 0.3) is 10.9 Å². The molecule has 0 unspecified atom stereocenters. The molecule has 10 heteroatoms. The second-order valence-electron chi connectivity index (χ2n) is 9.29. The van der Waals surface area contributed by atoms with E-state index >= 15 is 0 Å². The molecule has 35 heavy (non-hydrogen) atoms. The van der Waals surface area contributed by atoms with Crippen LogP contribution in [-0.4, -0.2) is 67.2 Å². The number of nitrogens with zero attached hydrogens (tertiary/aromatic N) is 3. The summed E-state index contributed by atoms with van der Waals surface area (Å²) in [7, 11) is -3.37. The van der Waals surface area contributed by atoms with E-state index in [0.717, 1.165) is 48.1 Å². The number of nitrogens with one attached hydrogen (secondary N) is 3. The Morgan fingerprint density at radius 3 is 2.63 bits per heavy atom. The maximum Gasteiger partial charge on any atom is 0.270 e. The lowest BCUT2D eigenvalue weighted by molar-refractivity contribution is 0.0706. The van der Waals surface area contributed by atoms with Crippen LogP contribution < -0.4 is 14.9 Å². The van der Waals surface area contributed by atoms with Gasteiger partial charge < -0.3 is 20.1 Å². The summed E-state index contributed by atoms with van der Waals surface area (Å²) in [6.07, 6.45) is 4.66. The summed E-state index contributed by atoms with van der Waals surface area (Å²) in [5.41, 5.74) is 2.80. The molecule has 0 atom stereocenters. The van der Waals surface area contributed by atoms with Crippen molar-refractivity contribution in [3.8, 4) is 0 Å². The second kappa shape index (κ2) is 10.2. The predicted molar refractivity (Wildman–Crippen MR) is 142 cm³/mol. The highest BCUT2D eigenvalue weighted by Gasteiger charge is 2.31. The van der Waals surface area contributed by atoms with Gasteiger partial charge in [-0.3, -0.25) is 9.52 Å². The van der Waals surface area contributed by atoms with Gasteiger partial charge in [-0.05, 0) is 70.0 Å². The summed E-state index contributed by atoms with van der Waals surface area (Å²) in [5, 5.41) is 4.20. The van der Waals surface area contributed by atoms with Gasteiger partial charge in [0.15, 0.2) is 5.82 Å². The van der Waals surface area contributed by atoms with Crippen LogP contribution in [0.5, 0.6) is 0 Å². The molecular weight excluding hydrogens is 464 g/mol. The molecule has 0 spiro atoms. The van der Waals surface area contributed by atoms with E-state index in [1.54, 1.807) is 24.3 Å². The average Bonchev–Trinajstić information content (AvgIpc) is 3.23. The van der Waals surface area contributed by atoms with Crippen LogP contribution >= 0.6 is 0 Å². The van der Waals surface area contributed by atoms with E-state index in [-0.39, 0.29) is 11.9 Å². The maximum absolute atomic E-state index is 13.2. The number of anilines is 3. The van der Waals surface area contributed by atoms with Crippen molar-refractivity contribution < 1.29 is 13.2 Å². The van der Waals surface area contributed by atoms with E-state index in [1.807, 2.05) is 17.2 Å². The smallest absolute Gasteiger partial charge is 0.270 e. The molecule has 1 amide bonds. The molecule has 1 aromatic carbocycles. The van der Waals surface area contributed by atoms with E-state index < -0.39 is 10.0 Å². The monoisotopic (exact) mass is 498 g/mol. The molecule has 4 rings (SSSR count). The summed E-state index contributed by atoms with van der Waals surface area (Å²) in [4.78, 5) is 25.4. The summed E-state index contributed by atoms with van der Waals surface area (Å²) in [6, 6.07) is 11.5. The van der Waals surface area contributed by atoms with E-state index in [4.69, 9.17) is 0 Å². The molecule has 3 heterocycles. The van der Waals surface area contributed by atoms with Crippen LogP contribution in [-0.2, 0) is 10.0 Å². The number of piperidine rings is 1. The van der Waals surface area contributed by atoms with Gasteiger partial charge in [-0.25, -0.2) is 13.4 Å². The number of H-pyrrole nitrogens is 1. The van der Waals surface area contributed by atoms with Gasteiger partial charge in [0.25, 0.3) is 5.91 Å². The number of rotatable bonds is 8. The predicted octanol–water partition coefficient (Wildman–Crippen LogP) is 3.89. The van der Waals surface area contributed by atoms with Gasteiger partial charge >= 0.3 is 0 Å². The van der Waals surface area contributed by atoms with Crippen molar-refractivity contribution >= 4 is 44.0 Å². The summed E-state index contributed by atoms with van der Waals surface area (Å²) in [6.45, 7) is 8.58. The van der Waals surface area contributed by atoms with Crippen molar-refractivity contribution in [2.45, 2.75) is 45.7 Å². The fraction of sp³-hybridized carbons (Fsp3) is 0.440. The molecule has 0 radical (unpaired) electrons. The molecule has 9 nitrogen and oxygen atoms in total. The molecule has 1 aliphatic heterocycles. The Balaban J connectivity index is 1.47. The number of fused-ring (bicyclic) bond motifs is 1. The van der Waals surface area contributed by atoms with Gasteiger partial charge in [-0.15, -0.1) is 0 Å². The van der Waals surface area contributed by atoms with Crippen LogP contribution in [0.1, 0.15) is 44.1 Å². The number of carbonyl (C=O) groups excluding carboxylic acids is 1. The first kappa shape index (κ1) is 24.8. The Morgan fingerprint density at radius 1 is 1.23 bits per heavy atom. The van der Waals surface area contributed by atoms with Gasteiger partial charge in [-0.2, -0.15) is 0 Å². The third kappa shape index (κ3) is 5.70. The SMILES string of the molecule is CCNc1cccnc1N(C(C)C)C1CCN(C(=O)c2cc3cc(NS(C)(=O)=O)ccc3[nH]2)CC1. The van der Waals surface area contributed by atoms with E-state index in [1.165, 1.54) is 0 Å². The molecule has 0 aliphatic carbocycles. The number of pyridine rings is 1. The standard InChI is InChI=1S/C25H34N6O3S/c1-5-26-22-7-6-12-27-24(22)31(17(2)3)20-10-13-30(14-11-20)25(32)23-16-18-15-19(29-35(4,33)34)8-9-21(18)28-23/h6-9,12,15-17,20,26,28-29H,5,10-11,13-14H2,1-4H3. The molecular formula is C25H34N6O3S. The molecule has 3 aromatic rings. The zero-order chi connectivity index (χ0) is 25.2. The number of hydrogen-bond acceptors (Lipinski definition) is 6. The minimum atomic E-state index is -3.37. The van der Waals surface area contributed by atoms with Gasteiger partial charge in [0, 0.05) is 54.5 Å². The van der Waals surface area contributed by atoms with Crippen molar-refractivity contribution in [1.82, 2.24) is 14.9 Å². The van der Waals surface area contributed by atoms with Gasteiger partial charge in [0.2, 0.25) is 10.0 Å². The first-order chi connectivity index (χ1) is 16.7. The van der Waals surface area contributed by atoms with Crippen LogP contribution in [0.15, 0.2) is 42.6 Å². The lowest BCUT2D eigenvalue weighted by atomic mass is 10.0. The van der Waals surface area contributed by atoms with E-state index in [9.17, 15) is 13.2 Å². The third-order valence-electron chi connectivity index (χ3n) is 6.25. The summed E-state index contributed by atoms with van der Waals surface area (Å²) in [5.74, 6) is 0.919. The highest BCUT2D eigenvalue weighted by Crippen LogP contribution is 2.31. The minimum Gasteiger partial charge on any atom is -0.382 e. The molecule has 0 saturated carbocycles. The number of amides is 1. The third-order valence-corrected chi connectivity index (χ3v) is 6.86. The van der Waals surface area contributed by atoms with Gasteiger partial charge in [0.05, 0.1) is 11.9 Å². The summed E-state index contributed by atoms with van der Waals surface area (Å²) < 4.78 is 25.5. The maximum atomic E-state index is 13.2. The molecule has 0 bridgehead atoms. The van der Waals surface area contributed by atoms with E-state index in [2.05, 4.69) is 51.7 Å². The number of aromatic nitrogens is 2. The number of benzene rings is 1. The van der Waals surface area contributed by atoms with Crippen LogP contribution in [0.3, 0.4) is 0 Å². The van der Waals surface area contributed by atoms with Crippen LogP contribution in [0.4, 0.5) is 17.2 Å². The first-order valence-electron chi connectivity index (χ1n) is 12.0. The Bertz CT molecular complexity index is 1300. The van der Waals surface area contributed by atoms with Crippen molar-refractivity contribution in [3.63, 3.8) is 0 Å². The van der Waals surface area contributed by atoms with Crippen molar-refractivity contribution in [1.29, 1.82) is 0 Å². The topological polar surface area (TPSA) is 110 Å². The Labute approximate surface area is 207 Å². The largest absolute Gasteiger partial charge is 0.382 e. The fourth-order valence-electron chi connectivity index (χ4n) is 4.81. The Hall–Kier alpha value is -3.27. The molecule has 1 fully saturated rings. The lowest BCUT2D eigenvalue weighted by Crippen LogP contribution is -2.49. The quantitative estimate of drug-likeness (QED) is 0.435.